The maximum Gasteiger partial charge on any atom is 0.178 e. The van der Waals surface area contributed by atoms with Crippen LogP contribution in [0, 0.1) is 0 Å². The van der Waals surface area contributed by atoms with Gasteiger partial charge in [0.2, 0.25) is 0 Å². The molecule has 0 unspecified atom stereocenters. The maximum absolute atomic E-state index is 4.52. The van der Waals surface area contributed by atoms with Crippen LogP contribution < -0.4 is 0 Å². The zero-order valence-corrected chi connectivity index (χ0v) is 16.3. The molecule has 2 aromatic heterocycles. The molecule has 0 bridgehead atoms. The van der Waals surface area contributed by atoms with Crippen molar-refractivity contribution in [3.05, 3.63) is 116 Å². The topological polar surface area (TPSA) is 38.7 Å². The summed E-state index contributed by atoms with van der Waals surface area (Å²) in [6.07, 6.45) is 3.44. The van der Waals surface area contributed by atoms with Gasteiger partial charge in [0.25, 0.3) is 0 Å². The summed E-state index contributed by atoms with van der Waals surface area (Å²) in [7, 11) is 0. The van der Waals surface area contributed by atoms with Crippen LogP contribution in [0.4, 0.5) is 0 Å². The molecule has 0 fully saturated rings. The molecule has 0 radical (unpaired) electrons. The second kappa shape index (κ2) is 8.10. The third-order valence-electron chi connectivity index (χ3n) is 5.01. The van der Waals surface area contributed by atoms with Crippen LogP contribution in [0.2, 0.25) is 0 Å². The molecule has 4 aromatic carbocycles. The molecule has 3 heteroatoms. The van der Waals surface area contributed by atoms with Crippen molar-refractivity contribution < 1.29 is 0 Å². The lowest BCUT2D eigenvalue weighted by Crippen LogP contribution is -1.90. The Bertz CT molecular complexity index is 1340. The largest absolute Gasteiger partial charge is 0.244 e. The normalized spacial score (nSPS) is 10.7. The molecule has 6 rings (SSSR count). The van der Waals surface area contributed by atoms with Gasteiger partial charge in [-0.25, -0.2) is 15.0 Å². The summed E-state index contributed by atoms with van der Waals surface area (Å²) < 4.78 is 0. The predicted molar refractivity (Wildman–Crippen MR) is 124 cm³/mol. The molecule has 30 heavy (non-hydrogen) atoms. The maximum atomic E-state index is 4.52. The molecular formula is C27H19N3. The van der Waals surface area contributed by atoms with Gasteiger partial charge in [-0.15, -0.1) is 0 Å². The molecule has 0 aliphatic carbocycles. The Balaban J connectivity index is 0.000000130. The van der Waals surface area contributed by atoms with E-state index in [2.05, 4.69) is 75.6 Å². The van der Waals surface area contributed by atoms with Crippen LogP contribution in [0.1, 0.15) is 0 Å². The van der Waals surface area contributed by atoms with Crippen molar-refractivity contribution >= 4 is 32.4 Å². The number of para-hydroxylation sites is 1. The SMILES string of the molecule is c1ccc2cc3ccccc3cc2c1.c1cnc(-c2ccc3ccccc3n2)nc1. The zero-order valence-electron chi connectivity index (χ0n) is 16.3. The summed E-state index contributed by atoms with van der Waals surface area (Å²) in [5.74, 6) is 0.660. The number of benzene rings is 4. The molecule has 3 nitrogen and oxygen atoms in total. The Morgan fingerprint density at radius 2 is 0.933 bits per heavy atom. The molecule has 0 saturated carbocycles. The van der Waals surface area contributed by atoms with Gasteiger partial charge < -0.3 is 0 Å². The van der Waals surface area contributed by atoms with Crippen molar-refractivity contribution in [2.75, 3.05) is 0 Å². The fourth-order valence-corrected chi connectivity index (χ4v) is 3.50. The van der Waals surface area contributed by atoms with Gasteiger partial charge in [-0.3, -0.25) is 0 Å². The van der Waals surface area contributed by atoms with E-state index in [0.717, 1.165) is 16.6 Å². The molecule has 0 amide bonds. The molecule has 0 saturated heterocycles. The average Bonchev–Trinajstić information content (AvgIpc) is 2.83. The fourth-order valence-electron chi connectivity index (χ4n) is 3.50. The summed E-state index contributed by atoms with van der Waals surface area (Å²) in [5.41, 5.74) is 1.77. The summed E-state index contributed by atoms with van der Waals surface area (Å²) >= 11 is 0. The van der Waals surface area contributed by atoms with Crippen LogP contribution >= 0.6 is 0 Å². The molecule has 2 heterocycles. The van der Waals surface area contributed by atoms with Crippen molar-refractivity contribution in [2.24, 2.45) is 0 Å². The van der Waals surface area contributed by atoms with Gasteiger partial charge in [0.05, 0.1) is 5.52 Å². The summed E-state index contributed by atoms with van der Waals surface area (Å²) in [6.45, 7) is 0. The van der Waals surface area contributed by atoms with Crippen LogP contribution in [0.5, 0.6) is 0 Å². The average molecular weight is 385 g/mol. The molecular weight excluding hydrogens is 366 g/mol. The van der Waals surface area contributed by atoms with Crippen LogP contribution in [0.3, 0.4) is 0 Å². The van der Waals surface area contributed by atoms with E-state index in [9.17, 15) is 0 Å². The van der Waals surface area contributed by atoms with Crippen molar-refractivity contribution in [2.45, 2.75) is 0 Å². The lowest BCUT2D eigenvalue weighted by Gasteiger charge is -2.00. The molecule has 0 N–H and O–H groups in total. The number of hydrogen-bond acceptors (Lipinski definition) is 3. The van der Waals surface area contributed by atoms with Crippen molar-refractivity contribution in [1.29, 1.82) is 0 Å². The first-order valence-corrected chi connectivity index (χ1v) is 9.87. The number of aromatic nitrogens is 3. The Kier molecular flexibility index (Phi) is 4.84. The summed E-state index contributed by atoms with van der Waals surface area (Å²) in [4.78, 5) is 12.9. The Morgan fingerprint density at radius 1 is 0.433 bits per heavy atom. The minimum absolute atomic E-state index is 0.660. The van der Waals surface area contributed by atoms with Crippen LogP contribution in [0.15, 0.2) is 116 Å². The van der Waals surface area contributed by atoms with E-state index in [1.54, 1.807) is 18.5 Å². The second-order valence-corrected chi connectivity index (χ2v) is 7.01. The first-order chi connectivity index (χ1) is 14.9. The number of hydrogen-bond donors (Lipinski definition) is 0. The first-order valence-electron chi connectivity index (χ1n) is 9.87. The summed E-state index contributed by atoms with van der Waals surface area (Å²) in [5, 5.41) is 6.37. The Morgan fingerprint density at radius 3 is 1.50 bits per heavy atom. The third kappa shape index (κ3) is 3.74. The minimum Gasteiger partial charge on any atom is -0.244 e. The lowest BCUT2D eigenvalue weighted by atomic mass is 10.0. The molecule has 0 aliphatic heterocycles. The smallest absolute Gasteiger partial charge is 0.178 e. The Hall–Kier alpha value is -4.11. The molecule has 0 atom stereocenters. The molecule has 6 aromatic rings. The van der Waals surface area contributed by atoms with E-state index in [4.69, 9.17) is 0 Å². The third-order valence-corrected chi connectivity index (χ3v) is 5.01. The van der Waals surface area contributed by atoms with Gasteiger partial charge in [0.15, 0.2) is 5.82 Å². The lowest BCUT2D eigenvalue weighted by molar-refractivity contribution is 1.15. The van der Waals surface area contributed by atoms with Gasteiger partial charge in [0.1, 0.15) is 5.69 Å². The minimum atomic E-state index is 0.660. The monoisotopic (exact) mass is 385 g/mol. The fraction of sp³-hybridized carbons (Fsp3) is 0. The van der Waals surface area contributed by atoms with Crippen molar-refractivity contribution in [1.82, 2.24) is 15.0 Å². The standard InChI is InChI=1S/C14H10.C13H9N3/c1-2-6-12-10-14-8-4-3-7-13(14)9-11(12)5-1;1-2-5-11-10(4-1)6-7-12(16-11)13-14-8-3-9-15-13/h1-10H;1-9H. The van der Waals surface area contributed by atoms with Gasteiger partial charge in [0, 0.05) is 17.8 Å². The highest BCUT2D eigenvalue weighted by atomic mass is 14.9. The number of nitrogens with zero attached hydrogens (tertiary/aromatic N) is 3. The zero-order chi connectivity index (χ0) is 20.2. The van der Waals surface area contributed by atoms with Gasteiger partial charge in [-0.05, 0) is 51.9 Å². The van der Waals surface area contributed by atoms with E-state index in [0.29, 0.717) is 5.82 Å². The van der Waals surface area contributed by atoms with Gasteiger partial charge in [-0.2, -0.15) is 0 Å². The van der Waals surface area contributed by atoms with Crippen molar-refractivity contribution in [3.8, 4) is 11.5 Å². The number of fused-ring (bicyclic) bond motifs is 3. The van der Waals surface area contributed by atoms with Gasteiger partial charge in [-0.1, -0.05) is 72.8 Å². The summed E-state index contributed by atoms with van der Waals surface area (Å²) in [6, 6.07) is 35.2. The quantitative estimate of drug-likeness (QED) is 0.296. The molecule has 0 spiro atoms. The highest BCUT2D eigenvalue weighted by Crippen LogP contribution is 2.22. The van der Waals surface area contributed by atoms with E-state index >= 15 is 0 Å². The highest BCUT2D eigenvalue weighted by molar-refractivity contribution is 5.98. The first kappa shape index (κ1) is 18.0. The van der Waals surface area contributed by atoms with Crippen LogP contribution in [-0.2, 0) is 0 Å². The van der Waals surface area contributed by atoms with Gasteiger partial charge >= 0.3 is 0 Å². The van der Waals surface area contributed by atoms with E-state index in [1.165, 1.54) is 21.5 Å². The number of pyridine rings is 1. The van der Waals surface area contributed by atoms with Crippen LogP contribution in [0.25, 0.3) is 44.0 Å². The van der Waals surface area contributed by atoms with E-state index < -0.39 is 0 Å². The Labute approximate surface area is 174 Å². The predicted octanol–water partition coefficient (Wildman–Crippen LogP) is 6.68. The second-order valence-electron chi connectivity index (χ2n) is 7.01. The molecule has 142 valence electrons. The van der Waals surface area contributed by atoms with E-state index in [-0.39, 0.29) is 0 Å². The van der Waals surface area contributed by atoms with Crippen LogP contribution in [-0.4, -0.2) is 15.0 Å². The number of rotatable bonds is 1. The van der Waals surface area contributed by atoms with Crippen molar-refractivity contribution in [3.63, 3.8) is 0 Å². The molecule has 0 aliphatic rings. The van der Waals surface area contributed by atoms with E-state index in [1.807, 2.05) is 36.4 Å². The highest BCUT2D eigenvalue weighted by Gasteiger charge is 2.02.